The topological polar surface area (TPSA) is 80.8 Å². The minimum Gasteiger partial charge on any atom is -0.497 e. The van der Waals surface area contributed by atoms with Gasteiger partial charge in [0, 0.05) is 5.56 Å². The number of imide groups is 1. The second-order valence-corrected chi connectivity index (χ2v) is 6.36. The maximum absolute atomic E-state index is 12.4. The second kappa shape index (κ2) is 4.96. The molecule has 2 aromatic carbocycles. The van der Waals surface area contributed by atoms with Crippen LogP contribution < -0.4 is 4.74 Å². The number of hydrogen-bond donors (Lipinski definition) is 0. The molecule has 1 aliphatic rings. The highest BCUT2D eigenvalue weighted by molar-refractivity contribution is 7.90. The Morgan fingerprint density at radius 2 is 1.68 bits per heavy atom. The predicted octanol–water partition coefficient (Wildman–Crippen LogP) is 1.68. The molecule has 7 heteroatoms. The van der Waals surface area contributed by atoms with Crippen molar-refractivity contribution in [2.24, 2.45) is 0 Å². The van der Waals surface area contributed by atoms with Gasteiger partial charge in [-0.15, -0.1) is 0 Å². The van der Waals surface area contributed by atoms with Crippen LogP contribution in [0.1, 0.15) is 20.7 Å². The number of carbonyl (C=O) groups excluding carboxylic acids is 2. The summed E-state index contributed by atoms with van der Waals surface area (Å²) in [6.45, 7) is 0. The molecule has 1 aliphatic heterocycles. The van der Waals surface area contributed by atoms with Gasteiger partial charge in [0.05, 0.1) is 12.7 Å². The van der Waals surface area contributed by atoms with Crippen LogP contribution in [0, 0.1) is 0 Å². The quantitative estimate of drug-likeness (QED) is 0.787. The maximum Gasteiger partial charge on any atom is 0.276 e. The third-order valence-electron chi connectivity index (χ3n) is 3.34. The standard InChI is InChI=1S/C15H11NO5S/c1-21-11-8-6-10(7-9-11)14(17)16-15(18)12-4-2-3-5-13(12)22(16,19)20/h2-9H,1H3. The van der Waals surface area contributed by atoms with Gasteiger partial charge in [0.15, 0.2) is 0 Å². The lowest BCUT2D eigenvalue weighted by atomic mass is 10.2. The zero-order chi connectivity index (χ0) is 15.9. The molecule has 0 aromatic heterocycles. The first-order valence-corrected chi connectivity index (χ1v) is 7.78. The van der Waals surface area contributed by atoms with E-state index in [9.17, 15) is 18.0 Å². The highest BCUT2D eigenvalue weighted by Crippen LogP contribution is 2.31. The molecular formula is C15H11NO5S. The summed E-state index contributed by atoms with van der Waals surface area (Å²) in [6.07, 6.45) is 0. The van der Waals surface area contributed by atoms with Crippen molar-refractivity contribution in [3.05, 3.63) is 59.7 Å². The fourth-order valence-corrected chi connectivity index (χ4v) is 3.76. The van der Waals surface area contributed by atoms with Crippen molar-refractivity contribution >= 4 is 21.8 Å². The first-order valence-electron chi connectivity index (χ1n) is 6.34. The molecular weight excluding hydrogens is 306 g/mol. The summed E-state index contributed by atoms with van der Waals surface area (Å²) in [6, 6.07) is 11.6. The van der Waals surface area contributed by atoms with Crippen molar-refractivity contribution in [1.29, 1.82) is 0 Å². The van der Waals surface area contributed by atoms with E-state index in [-0.39, 0.29) is 16.0 Å². The number of benzene rings is 2. The van der Waals surface area contributed by atoms with Crippen molar-refractivity contribution in [2.45, 2.75) is 4.90 Å². The van der Waals surface area contributed by atoms with Gasteiger partial charge < -0.3 is 4.74 Å². The van der Waals surface area contributed by atoms with E-state index in [0.29, 0.717) is 10.1 Å². The third-order valence-corrected chi connectivity index (χ3v) is 5.07. The van der Waals surface area contributed by atoms with Gasteiger partial charge in [0.25, 0.3) is 21.8 Å². The van der Waals surface area contributed by atoms with Gasteiger partial charge in [-0.3, -0.25) is 9.59 Å². The molecule has 112 valence electrons. The van der Waals surface area contributed by atoms with Gasteiger partial charge in [-0.25, -0.2) is 8.42 Å². The molecule has 0 saturated heterocycles. The molecule has 0 radical (unpaired) electrons. The van der Waals surface area contributed by atoms with Crippen molar-refractivity contribution in [2.75, 3.05) is 7.11 Å². The Morgan fingerprint density at radius 1 is 1.05 bits per heavy atom. The second-order valence-electron chi connectivity index (χ2n) is 4.60. The van der Waals surface area contributed by atoms with E-state index in [1.54, 1.807) is 6.07 Å². The maximum atomic E-state index is 12.4. The Morgan fingerprint density at radius 3 is 2.27 bits per heavy atom. The summed E-state index contributed by atoms with van der Waals surface area (Å²) < 4.78 is 30.1. The van der Waals surface area contributed by atoms with E-state index in [1.165, 1.54) is 49.6 Å². The summed E-state index contributed by atoms with van der Waals surface area (Å²) in [5.41, 5.74) is 0.0925. The first kappa shape index (κ1) is 14.3. The van der Waals surface area contributed by atoms with Gasteiger partial charge in [0.2, 0.25) is 0 Å². The summed E-state index contributed by atoms with van der Waals surface area (Å²) in [5.74, 6) is -1.20. The SMILES string of the molecule is COc1ccc(C(=O)N2C(=O)c3ccccc3S2(=O)=O)cc1. The molecule has 0 aliphatic carbocycles. The summed E-state index contributed by atoms with van der Waals surface area (Å²) in [5, 5.41) is 0. The normalized spacial score (nSPS) is 15.5. The minimum absolute atomic E-state index is 0.00404. The van der Waals surface area contributed by atoms with Gasteiger partial charge in [-0.05, 0) is 36.4 Å². The zero-order valence-corrected chi connectivity index (χ0v) is 12.3. The molecule has 0 saturated carbocycles. The molecule has 2 aromatic rings. The van der Waals surface area contributed by atoms with Crippen LogP contribution in [0.5, 0.6) is 5.75 Å². The number of nitrogens with zero attached hydrogens (tertiary/aromatic N) is 1. The molecule has 0 fully saturated rings. The van der Waals surface area contributed by atoms with Crippen molar-refractivity contribution < 1.29 is 22.7 Å². The number of carbonyl (C=O) groups is 2. The van der Waals surface area contributed by atoms with E-state index in [1.807, 2.05) is 0 Å². The molecule has 0 unspecified atom stereocenters. The average Bonchev–Trinajstić information content (AvgIpc) is 2.74. The molecule has 3 rings (SSSR count). The van der Waals surface area contributed by atoms with Crippen molar-refractivity contribution in [3.8, 4) is 5.75 Å². The zero-order valence-electron chi connectivity index (χ0n) is 11.5. The lowest BCUT2D eigenvalue weighted by Gasteiger charge is -2.13. The fraction of sp³-hybridized carbons (Fsp3) is 0.0667. The van der Waals surface area contributed by atoms with Crippen LogP contribution in [0.15, 0.2) is 53.4 Å². The van der Waals surface area contributed by atoms with Crippen molar-refractivity contribution in [1.82, 2.24) is 4.31 Å². The summed E-state index contributed by atoms with van der Waals surface area (Å²) in [7, 11) is -2.68. The number of fused-ring (bicyclic) bond motifs is 1. The van der Waals surface area contributed by atoms with Crippen LogP contribution in [0.2, 0.25) is 0 Å². The Labute approximate surface area is 127 Å². The number of amides is 2. The largest absolute Gasteiger partial charge is 0.497 e. The van der Waals surface area contributed by atoms with E-state index >= 15 is 0 Å². The number of rotatable bonds is 2. The lowest BCUT2D eigenvalue weighted by Crippen LogP contribution is -2.36. The van der Waals surface area contributed by atoms with Gasteiger partial charge >= 0.3 is 0 Å². The molecule has 1 heterocycles. The minimum atomic E-state index is -4.16. The lowest BCUT2D eigenvalue weighted by molar-refractivity contribution is 0.0740. The Balaban J connectivity index is 2.05. The van der Waals surface area contributed by atoms with Crippen LogP contribution in [-0.2, 0) is 10.0 Å². The van der Waals surface area contributed by atoms with E-state index < -0.39 is 21.8 Å². The molecule has 0 bridgehead atoms. The van der Waals surface area contributed by atoms with Crippen molar-refractivity contribution in [3.63, 3.8) is 0 Å². The predicted molar refractivity (Wildman–Crippen MR) is 77.1 cm³/mol. The number of ether oxygens (including phenoxy) is 1. The van der Waals surface area contributed by atoms with Crippen LogP contribution in [-0.4, -0.2) is 31.6 Å². The van der Waals surface area contributed by atoms with Gasteiger partial charge in [0.1, 0.15) is 10.6 Å². The van der Waals surface area contributed by atoms with E-state index in [4.69, 9.17) is 4.74 Å². The molecule has 0 N–H and O–H groups in total. The van der Waals surface area contributed by atoms with E-state index in [0.717, 1.165) is 0 Å². The van der Waals surface area contributed by atoms with Crippen LogP contribution in [0.25, 0.3) is 0 Å². The highest BCUT2D eigenvalue weighted by Gasteiger charge is 2.45. The van der Waals surface area contributed by atoms with Crippen LogP contribution in [0.4, 0.5) is 0 Å². The Hall–Kier alpha value is -2.67. The van der Waals surface area contributed by atoms with Crippen LogP contribution in [0.3, 0.4) is 0 Å². The third kappa shape index (κ3) is 1.98. The number of hydrogen-bond acceptors (Lipinski definition) is 5. The molecule has 2 amide bonds. The average molecular weight is 317 g/mol. The Kier molecular flexibility index (Phi) is 3.22. The van der Waals surface area contributed by atoms with Gasteiger partial charge in [-0.2, -0.15) is 4.31 Å². The molecule has 0 atom stereocenters. The Bertz CT molecular complexity index is 871. The molecule has 0 spiro atoms. The number of methoxy groups -OCH3 is 1. The summed E-state index contributed by atoms with van der Waals surface area (Å²) in [4.78, 5) is 24.5. The smallest absolute Gasteiger partial charge is 0.276 e. The first-order chi connectivity index (χ1) is 10.5. The fourth-order valence-electron chi connectivity index (χ4n) is 2.24. The van der Waals surface area contributed by atoms with Crippen LogP contribution >= 0.6 is 0 Å². The van der Waals surface area contributed by atoms with Gasteiger partial charge in [-0.1, -0.05) is 12.1 Å². The monoisotopic (exact) mass is 317 g/mol. The number of sulfonamides is 1. The summed E-state index contributed by atoms with van der Waals surface area (Å²) >= 11 is 0. The molecule has 22 heavy (non-hydrogen) atoms. The highest BCUT2D eigenvalue weighted by atomic mass is 32.2. The molecule has 6 nitrogen and oxygen atoms in total. The van der Waals surface area contributed by atoms with E-state index in [2.05, 4.69) is 0 Å².